The maximum absolute atomic E-state index is 13.2. The molecule has 0 aromatic carbocycles. The van der Waals surface area contributed by atoms with Crippen LogP contribution >= 0.6 is 0 Å². The van der Waals surface area contributed by atoms with Gasteiger partial charge in [-0.05, 0) is 51.4 Å². The molecule has 0 saturated heterocycles. The number of aliphatic hydroxyl groups excluding tert-OH is 2. The van der Waals surface area contributed by atoms with E-state index in [1.807, 2.05) is 0 Å². The zero-order valence-corrected chi connectivity index (χ0v) is 41.1. The zero-order valence-electron chi connectivity index (χ0n) is 41.1. The Morgan fingerprint density at radius 2 is 0.820 bits per heavy atom. The van der Waals surface area contributed by atoms with E-state index >= 15 is 0 Å². The van der Waals surface area contributed by atoms with Crippen molar-refractivity contribution in [2.24, 2.45) is 0 Å². The van der Waals surface area contributed by atoms with Crippen molar-refractivity contribution in [3.05, 3.63) is 24.3 Å². The predicted octanol–water partition coefficient (Wildman–Crippen LogP) is 16.3. The first-order valence-electron chi connectivity index (χ1n) is 27.1. The lowest BCUT2D eigenvalue weighted by molar-refractivity contribution is -0.151. The number of amides is 1. The Morgan fingerprint density at radius 3 is 1.21 bits per heavy atom. The second-order valence-corrected chi connectivity index (χ2v) is 18.7. The number of hydrogen-bond donors (Lipinski definition) is 3. The molecule has 0 aliphatic heterocycles. The number of esters is 1. The van der Waals surface area contributed by atoms with Crippen molar-refractivity contribution in [3.63, 3.8) is 0 Å². The first-order chi connectivity index (χ1) is 30.0. The lowest BCUT2D eigenvalue weighted by Crippen LogP contribution is -2.46. The van der Waals surface area contributed by atoms with E-state index < -0.39 is 18.2 Å². The quantitative estimate of drug-likeness (QED) is 0.0322. The van der Waals surface area contributed by atoms with Crippen molar-refractivity contribution < 1.29 is 24.5 Å². The summed E-state index contributed by atoms with van der Waals surface area (Å²) in [5.74, 6) is -0.490. The van der Waals surface area contributed by atoms with Crippen LogP contribution in [0.25, 0.3) is 0 Å². The summed E-state index contributed by atoms with van der Waals surface area (Å²) in [7, 11) is 0. The smallest absolute Gasteiger partial charge is 0.306 e. The van der Waals surface area contributed by atoms with E-state index in [1.165, 1.54) is 180 Å². The first kappa shape index (κ1) is 59.3. The molecule has 0 fully saturated rings. The largest absolute Gasteiger partial charge is 0.462 e. The second-order valence-electron chi connectivity index (χ2n) is 18.7. The van der Waals surface area contributed by atoms with E-state index in [0.29, 0.717) is 19.3 Å². The van der Waals surface area contributed by atoms with E-state index in [9.17, 15) is 19.8 Å². The highest BCUT2D eigenvalue weighted by Gasteiger charge is 2.24. The minimum Gasteiger partial charge on any atom is -0.462 e. The van der Waals surface area contributed by atoms with Crippen LogP contribution in [0.3, 0.4) is 0 Å². The number of carbonyl (C=O) groups is 2. The van der Waals surface area contributed by atoms with Gasteiger partial charge in [0.05, 0.1) is 25.2 Å². The molecule has 1 amide bonds. The van der Waals surface area contributed by atoms with Gasteiger partial charge in [0, 0.05) is 6.42 Å². The molecule has 3 atom stereocenters. The van der Waals surface area contributed by atoms with Crippen molar-refractivity contribution in [2.45, 2.75) is 309 Å². The van der Waals surface area contributed by atoms with Crippen LogP contribution in [-0.2, 0) is 14.3 Å². The fourth-order valence-corrected chi connectivity index (χ4v) is 8.42. The standard InChI is InChI=1S/C55H105NO5/c1-4-7-10-13-16-19-21-23-25-27-28-30-32-35-37-40-43-46-51(49-54(59)56-52(50-57)53(58)47-44-41-38-34-18-15-12-9-6-3)61-55(60)48-45-42-39-36-33-31-29-26-24-22-20-17-14-11-8-5-2/h26,29,31,33,51-53,57-58H,4-25,27-28,30,32,34-50H2,1-3H3,(H,56,59)/b29-26+,33-31+. The van der Waals surface area contributed by atoms with Gasteiger partial charge in [0.25, 0.3) is 0 Å². The number of carbonyl (C=O) groups excluding carboxylic acids is 2. The van der Waals surface area contributed by atoms with Crippen molar-refractivity contribution in [3.8, 4) is 0 Å². The number of allylic oxidation sites excluding steroid dienone is 4. The van der Waals surface area contributed by atoms with E-state index in [-0.39, 0.29) is 24.9 Å². The van der Waals surface area contributed by atoms with Crippen LogP contribution in [-0.4, -0.2) is 46.9 Å². The number of rotatable bonds is 49. The molecule has 0 aromatic rings. The van der Waals surface area contributed by atoms with Gasteiger partial charge in [-0.3, -0.25) is 9.59 Å². The number of ether oxygens (including phenoxy) is 1. The molecule has 61 heavy (non-hydrogen) atoms. The Kier molecular flexibility index (Phi) is 48.0. The third kappa shape index (κ3) is 44.7. The van der Waals surface area contributed by atoms with Gasteiger partial charge in [-0.2, -0.15) is 0 Å². The minimum atomic E-state index is -0.787. The van der Waals surface area contributed by atoms with Gasteiger partial charge in [0.1, 0.15) is 6.10 Å². The summed E-state index contributed by atoms with van der Waals surface area (Å²) in [4.78, 5) is 26.1. The number of unbranched alkanes of at least 4 members (excludes halogenated alkanes) is 34. The van der Waals surface area contributed by atoms with Gasteiger partial charge in [-0.25, -0.2) is 0 Å². The van der Waals surface area contributed by atoms with Crippen LogP contribution < -0.4 is 5.32 Å². The summed E-state index contributed by atoms with van der Waals surface area (Å²) >= 11 is 0. The summed E-state index contributed by atoms with van der Waals surface area (Å²) in [5.41, 5.74) is 0. The molecular weight excluding hydrogens is 755 g/mol. The Morgan fingerprint density at radius 1 is 0.475 bits per heavy atom. The molecule has 360 valence electrons. The van der Waals surface area contributed by atoms with E-state index in [4.69, 9.17) is 4.74 Å². The third-order valence-electron chi connectivity index (χ3n) is 12.6. The Labute approximate surface area is 380 Å². The maximum atomic E-state index is 13.2. The molecule has 0 radical (unpaired) electrons. The fourth-order valence-electron chi connectivity index (χ4n) is 8.42. The molecule has 0 saturated carbocycles. The van der Waals surface area contributed by atoms with E-state index in [0.717, 1.165) is 64.2 Å². The van der Waals surface area contributed by atoms with Gasteiger partial charge in [-0.1, -0.05) is 251 Å². The van der Waals surface area contributed by atoms with Crippen molar-refractivity contribution in [1.82, 2.24) is 5.32 Å². The monoisotopic (exact) mass is 860 g/mol. The molecule has 0 aromatic heterocycles. The molecular formula is C55H105NO5. The zero-order chi connectivity index (χ0) is 44.5. The minimum absolute atomic E-state index is 0.0725. The van der Waals surface area contributed by atoms with Crippen molar-refractivity contribution in [1.29, 1.82) is 0 Å². The van der Waals surface area contributed by atoms with Crippen LogP contribution in [0, 0.1) is 0 Å². The van der Waals surface area contributed by atoms with Crippen LogP contribution in [0.4, 0.5) is 0 Å². The topological polar surface area (TPSA) is 95.9 Å². The Hall–Kier alpha value is -1.66. The second kappa shape index (κ2) is 49.4. The molecule has 0 rings (SSSR count). The summed E-state index contributed by atoms with van der Waals surface area (Å²) in [6.45, 7) is 6.48. The summed E-state index contributed by atoms with van der Waals surface area (Å²) < 4.78 is 5.94. The number of nitrogens with one attached hydrogen (secondary N) is 1. The van der Waals surface area contributed by atoms with Gasteiger partial charge in [0.15, 0.2) is 0 Å². The summed E-state index contributed by atoms with van der Waals surface area (Å²) in [5, 5.41) is 23.7. The maximum Gasteiger partial charge on any atom is 0.306 e. The van der Waals surface area contributed by atoms with E-state index in [2.05, 4.69) is 50.4 Å². The van der Waals surface area contributed by atoms with Gasteiger partial charge in [0.2, 0.25) is 5.91 Å². The summed E-state index contributed by atoms with van der Waals surface area (Å²) in [6, 6.07) is -0.701. The third-order valence-corrected chi connectivity index (χ3v) is 12.6. The Balaban J connectivity index is 4.56. The molecule has 0 aliphatic rings. The molecule has 3 unspecified atom stereocenters. The molecule has 0 bridgehead atoms. The Bertz CT molecular complexity index is 966. The predicted molar refractivity (Wildman–Crippen MR) is 264 cm³/mol. The van der Waals surface area contributed by atoms with Gasteiger partial charge >= 0.3 is 5.97 Å². The molecule has 6 heteroatoms. The van der Waals surface area contributed by atoms with Crippen molar-refractivity contribution >= 4 is 11.9 Å². The average Bonchev–Trinajstić information content (AvgIpc) is 3.25. The number of aliphatic hydroxyl groups is 2. The van der Waals surface area contributed by atoms with Crippen LogP contribution in [0.15, 0.2) is 24.3 Å². The van der Waals surface area contributed by atoms with Gasteiger partial charge < -0.3 is 20.3 Å². The normalized spacial score (nSPS) is 13.3. The molecule has 6 nitrogen and oxygen atoms in total. The highest BCUT2D eigenvalue weighted by molar-refractivity contribution is 5.77. The van der Waals surface area contributed by atoms with Crippen LogP contribution in [0.1, 0.15) is 290 Å². The van der Waals surface area contributed by atoms with Crippen molar-refractivity contribution in [2.75, 3.05) is 6.61 Å². The lowest BCUT2D eigenvalue weighted by atomic mass is 10.0. The van der Waals surface area contributed by atoms with E-state index in [1.54, 1.807) is 0 Å². The molecule has 3 N–H and O–H groups in total. The van der Waals surface area contributed by atoms with Crippen LogP contribution in [0.2, 0.25) is 0 Å². The SMILES string of the molecule is CCCCCCCCC/C=C/C=C/CCCCCC(=O)OC(CCCCCCCCCCCCCCCCCCC)CC(=O)NC(CO)C(O)CCCCCCCCCCC. The summed E-state index contributed by atoms with van der Waals surface area (Å²) in [6.07, 6.45) is 56.7. The molecule has 0 aliphatic carbocycles. The lowest BCUT2D eigenvalue weighted by Gasteiger charge is -2.24. The molecule has 0 heterocycles. The highest BCUT2D eigenvalue weighted by Crippen LogP contribution is 2.18. The van der Waals surface area contributed by atoms with Crippen LogP contribution in [0.5, 0.6) is 0 Å². The average molecular weight is 860 g/mol. The molecule has 0 spiro atoms. The number of hydrogen-bond acceptors (Lipinski definition) is 5. The van der Waals surface area contributed by atoms with Gasteiger partial charge in [-0.15, -0.1) is 0 Å². The highest BCUT2D eigenvalue weighted by atomic mass is 16.5. The first-order valence-corrected chi connectivity index (χ1v) is 27.1. The fraction of sp³-hybridized carbons (Fsp3) is 0.891.